The summed E-state index contributed by atoms with van der Waals surface area (Å²) < 4.78 is 0. The minimum Gasteiger partial charge on any atom is -0.252 e. The monoisotopic (exact) mass is 867 g/mol. The normalized spacial score (nSPS) is 12.2. The van der Waals surface area contributed by atoms with Gasteiger partial charge < -0.3 is 0 Å². The fraction of sp³-hybridized carbons (Fsp3) is 0.770. The molecule has 0 spiro atoms. The topological polar surface area (TPSA) is 24.7 Å². The molecule has 0 aliphatic heterocycles. The van der Waals surface area contributed by atoms with Gasteiger partial charge >= 0.3 is 0 Å². The standard InChI is InChI=1S/C61H106N2/c1-5-8-11-13-15-17-19-21-23-25-27-29-31-33-35-37-39-41-43-45-57-48-52-59(53-49-57)62-56(4)61(47-10-7-3)63-60-54-50-58(51-55-60)46-44-42-40-38-36-34-32-30-28-26-24-22-20-18-16-14-12-9-6-2/h48-55H,5-47H2,1-4H3. The van der Waals surface area contributed by atoms with E-state index in [1.165, 1.54) is 274 Å². The fourth-order valence-corrected chi connectivity index (χ4v) is 9.37. The van der Waals surface area contributed by atoms with E-state index in [-0.39, 0.29) is 0 Å². The maximum absolute atomic E-state index is 5.14. The first-order valence-electron chi connectivity index (χ1n) is 28.5. The predicted molar refractivity (Wildman–Crippen MR) is 286 cm³/mol. The SMILES string of the molecule is CCCCCCCCCCCCCCCCCCCCCc1ccc(N=C(C)C(CCCC)=Nc2ccc(CCCCCCCCCCCCCCCCCCCCC)cc2)cc1. The molecule has 0 atom stereocenters. The molecule has 0 heterocycles. The molecule has 0 radical (unpaired) electrons. The van der Waals surface area contributed by atoms with Crippen LogP contribution in [0.3, 0.4) is 0 Å². The molecule has 0 saturated carbocycles. The fourth-order valence-electron chi connectivity index (χ4n) is 9.37. The quantitative estimate of drug-likeness (QED) is 0.0468. The van der Waals surface area contributed by atoms with Gasteiger partial charge in [0.05, 0.1) is 22.8 Å². The Morgan fingerprint density at radius 2 is 0.524 bits per heavy atom. The van der Waals surface area contributed by atoms with Gasteiger partial charge in [-0.2, -0.15) is 0 Å². The highest BCUT2D eigenvalue weighted by atomic mass is 14.8. The Hall–Kier alpha value is -2.22. The van der Waals surface area contributed by atoms with Crippen LogP contribution in [0.1, 0.15) is 302 Å². The van der Waals surface area contributed by atoms with Gasteiger partial charge in [0.1, 0.15) is 0 Å². The van der Waals surface area contributed by atoms with Crippen molar-refractivity contribution in [1.29, 1.82) is 0 Å². The van der Waals surface area contributed by atoms with Gasteiger partial charge in [0.25, 0.3) is 0 Å². The second kappa shape index (κ2) is 43.7. The lowest BCUT2D eigenvalue weighted by atomic mass is 10.0. The van der Waals surface area contributed by atoms with Gasteiger partial charge in [-0.15, -0.1) is 0 Å². The number of rotatable bonds is 46. The third kappa shape index (κ3) is 34.8. The number of aryl methyl sites for hydroxylation is 2. The summed E-state index contributed by atoms with van der Waals surface area (Å²) in [4.78, 5) is 10.2. The van der Waals surface area contributed by atoms with Crippen LogP contribution in [0.5, 0.6) is 0 Å². The number of hydrogen-bond donors (Lipinski definition) is 0. The predicted octanol–water partition coefficient (Wildman–Crippen LogP) is 21.7. The molecule has 0 aliphatic carbocycles. The molecule has 0 bridgehead atoms. The van der Waals surface area contributed by atoms with Crippen LogP contribution in [0.25, 0.3) is 0 Å². The van der Waals surface area contributed by atoms with E-state index in [0.717, 1.165) is 35.6 Å². The highest BCUT2D eigenvalue weighted by molar-refractivity contribution is 6.42. The van der Waals surface area contributed by atoms with Gasteiger partial charge in [0.2, 0.25) is 0 Å². The lowest BCUT2D eigenvalue weighted by molar-refractivity contribution is 0.523. The summed E-state index contributed by atoms with van der Waals surface area (Å²) in [5.41, 5.74) is 7.17. The first-order valence-corrected chi connectivity index (χ1v) is 28.5. The van der Waals surface area contributed by atoms with E-state index >= 15 is 0 Å². The lowest BCUT2D eigenvalue weighted by Gasteiger charge is -2.08. The maximum atomic E-state index is 5.14. The summed E-state index contributed by atoms with van der Waals surface area (Å²) in [6.07, 6.45) is 60.1. The zero-order valence-electron chi connectivity index (χ0n) is 42.9. The molecule has 0 fully saturated rings. The number of unbranched alkanes of at least 4 members (excludes halogenated alkanes) is 37. The first-order chi connectivity index (χ1) is 31.2. The molecule has 2 aromatic rings. The highest BCUT2D eigenvalue weighted by Gasteiger charge is 2.07. The Labute approximate surface area is 394 Å². The zero-order chi connectivity index (χ0) is 44.9. The lowest BCUT2D eigenvalue weighted by Crippen LogP contribution is -2.10. The van der Waals surface area contributed by atoms with Crippen molar-refractivity contribution in [3.63, 3.8) is 0 Å². The van der Waals surface area contributed by atoms with Gasteiger partial charge in [0.15, 0.2) is 0 Å². The van der Waals surface area contributed by atoms with Crippen molar-refractivity contribution in [2.45, 2.75) is 304 Å². The highest BCUT2D eigenvalue weighted by Crippen LogP contribution is 2.22. The largest absolute Gasteiger partial charge is 0.252 e. The van der Waals surface area contributed by atoms with Crippen LogP contribution in [0.15, 0.2) is 58.5 Å². The summed E-state index contributed by atoms with van der Waals surface area (Å²) in [6.45, 7) is 9.02. The molecule has 360 valence electrons. The molecule has 2 heteroatoms. The van der Waals surface area contributed by atoms with E-state index < -0.39 is 0 Å². The van der Waals surface area contributed by atoms with Gasteiger partial charge in [-0.1, -0.05) is 283 Å². The molecule has 0 saturated heterocycles. The van der Waals surface area contributed by atoms with Crippen LogP contribution in [0.4, 0.5) is 11.4 Å². The van der Waals surface area contributed by atoms with Gasteiger partial charge in [-0.25, -0.2) is 0 Å². The number of benzene rings is 2. The summed E-state index contributed by atoms with van der Waals surface area (Å²) in [7, 11) is 0. The van der Waals surface area contributed by atoms with Crippen LogP contribution < -0.4 is 0 Å². The molecular formula is C61H106N2. The van der Waals surface area contributed by atoms with Crippen molar-refractivity contribution in [1.82, 2.24) is 0 Å². The van der Waals surface area contributed by atoms with Crippen molar-refractivity contribution in [2.75, 3.05) is 0 Å². The number of aliphatic imine (C=N–C) groups is 2. The molecule has 0 unspecified atom stereocenters. The number of hydrogen-bond acceptors (Lipinski definition) is 2. The molecule has 0 amide bonds. The molecule has 0 N–H and O–H groups in total. The van der Waals surface area contributed by atoms with Crippen LogP contribution in [-0.4, -0.2) is 11.4 Å². The summed E-state index contributed by atoms with van der Waals surface area (Å²) in [5, 5.41) is 0. The Morgan fingerprint density at radius 3 is 0.794 bits per heavy atom. The molecule has 2 nitrogen and oxygen atoms in total. The van der Waals surface area contributed by atoms with E-state index in [4.69, 9.17) is 9.98 Å². The summed E-state index contributed by atoms with van der Waals surface area (Å²) in [6, 6.07) is 18.1. The third-order valence-electron chi connectivity index (χ3n) is 13.8. The molecule has 0 aromatic heterocycles. The van der Waals surface area contributed by atoms with Crippen LogP contribution >= 0.6 is 0 Å². The first kappa shape index (κ1) is 56.9. The van der Waals surface area contributed by atoms with Crippen molar-refractivity contribution < 1.29 is 0 Å². The Morgan fingerprint density at radius 1 is 0.286 bits per heavy atom. The zero-order valence-corrected chi connectivity index (χ0v) is 42.9. The van der Waals surface area contributed by atoms with E-state index in [1.54, 1.807) is 0 Å². The van der Waals surface area contributed by atoms with Gasteiger partial charge in [-0.05, 0) is 80.8 Å². The van der Waals surface area contributed by atoms with Crippen molar-refractivity contribution in [3.8, 4) is 0 Å². The Balaban J connectivity index is 1.53. The minimum atomic E-state index is 0.977. The summed E-state index contributed by atoms with van der Waals surface area (Å²) >= 11 is 0. The van der Waals surface area contributed by atoms with Crippen molar-refractivity contribution >= 4 is 22.8 Å². The average Bonchev–Trinajstić information content (AvgIpc) is 3.30. The molecule has 63 heavy (non-hydrogen) atoms. The smallest absolute Gasteiger partial charge is 0.0633 e. The van der Waals surface area contributed by atoms with Crippen molar-refractivity contribution in [3.05, 3.63) is 59.7 Å². The van der Waals surface area contributed by atoms with Crippen LogP contribution in [0.2, 0.25) is 0 Å². The maximum Gasteiger partial charge on any atom is 0.0633 e. The number of nitrogens with zero attached hydrogens (tertiary/aromatic N) is 2. The molecule has 2 aromatic carbocycles. The molecule has 0 aliphatic rings. The molecular weight excluding hydrogens is 761 g/mol. The second-order valence-electron chi connectivity index (χ2n) is 19.9. The molecule has 2 rings (SSSR count). The Bertz CT molecular complexity index is 1300. The third-order valence-corrected chi connectivity index (χ3v) is 13.8. The van der Waals surface area contributed by atoms with E-state index in [1.807, 2.05) is 0 Å². The second-order valence-corrected chi connectivity index (χ2v) is 19.9. The van der Waals surface area contributed by atoms with E-state index in [2.05, 4.69) is 76.2 Å². The minimum absolute atomic E-state index is 0.977. The van der Waals surface area contributed by atoms with E-state index in [0.29, 0.717) is 0 Å². The average molecular weight is 868 g/mol. The van der Waals surface area contributed by atoms with Gasteiger partial charge in [0, 0.05) is 0 Å². The van der Waals surface area contributed by atoms with Crippen LogP contribution in [0, 0.1) is 0 Å². The summed E-state index contributed by atoms with van der Waals surface area (Å²) in [5.74, 6) is 0. The van der Waals surface area contributed by atoms with Crippen LogP contribution in [-0.2, 0) is 12.8 Å². The Kier molecular flexibility index (Phi) is 39.4. The van der Waals surface area contributed by atoms with Gasteiger partial charge in [-0.3, -0.25) is 9.98 Å². The van der Waals surface area contributed by atoms with E-state index in [9.17, 15) is 0 Å². The van der Waals surface area contributed by atoms with Crippen molar-refractivity contribution in [2.24, 2.45) is 9.98 Å².